The van der Waals surface area contributed by atoms with Crippen molar-refractivity contribution >= 4 is 5.91 Å². The first-order valence-electron chi connectivity index (χ1n) is 6.20. The molecule has 2 N–H and O–H groups in total. The van der Waals surface area contributed by atoms with Crippen molar-refractivity contribution in [2.75, 3.05) is 6.54 Å². The van der Waals surface area contributed by atoms with Gasteiger partial charge in [0.05, 0.1) is 12.5 Å². The van der Waals surface area contributed by atoms with E-state index in [1.807, 2.05) is 6.07 Å². The Balaban J connectivity index is 1.92. The number of benzene rings is 1. The lowest BCUT2D eigenvalue weighted by molar-refractivity contribution is -0.120. The minimum atomic E-state index is -0.487. The topological polar surface area (TPSA) is 49.3 Å². The van der Waals surface area contributed by atoms with Gasteiger partial charge < -0.3 is 10.4 Å². The van der Waals surface area contributed by atoms with E-state index in [1.54, 1.807) is 6.92 Å². The van der Waals surface area contributed by atoms with Crippen LogP contribution in [0.5, 0.6) is 0 Å². The lowest BCUT2D eigenvalue weighted by Crippen LogP contribution is -2.31. The number of hydrogen-bond donors (Lipinski definition) is 2. The molecule has 1 aromatic carbocycles. The Morgan fingerprint density at radius 2 is 2.18 bits per heavy atom. The number of amides is 1. The zero-order valence-corrected chi connectivity index (χ0v) is 10.2. The molecule has 0 fully saturated rings. The highest BCUT2D eigenvalue weighted by atomic mass is 16.3. The van der Waals surface area contributed by atoms with E-state index in [1.165, 1.54) is 24.0 Å². The van der Waals surface area contributed by atoms with Gasteiger partial charge in [-0.25, -0.2) is 0 Å². The van der Waals surface area contributed by atoms with Crippen LogP contribution in [0.1, 0.15) is 30.0 Å². The third-order valence-electron chi connectivity index (χ3n) is 3.12. The fourth-order valence-electron chi connectivity index (χ4n) is 2.24. The normalized spacial score (nSPS) is 15.4. The molecule has 0 aromatic heterocycles. The molecular formula is C14H19NO2. The number of hydrogen-bond acceptors (Lipinski definition) is 2. The first-order valence-corrected chi connectivity index (χ1v) is 6.20. The van der Waals surface area contributed by atoms with Crippen molar-refractivity contribution in [2.24, 2.45) is 0 Å². The van der Waals surface area contributed by atoms with Crippen molar-refractivity contribution in [3.63, 3.8) is 0 Å². The summed E-state index contributed by atoms with van der Waals surface area (Å²) >= 11 is 0. The van der Waals surface area contributed by atoms with Gasteiger partial charge in [0.2, 0.25) is 5.91 Å². The average molecular weight is 233 g/mol. The quantitative estimate of drug-likeness (QED) is 0.821. The van der Waals surface area contributed by atoms with Crippen LogP contribution in [0.4, 0.5) is 0 Å². The van der Waals surface area contributed by atoms with E-state index >= 15 is 0 Å². The zero-order valence-electron chi connectivity index (χ0n) is 10.2. The van der Waals surface area contributed by atoms with Crippen molar-refractivity contribution in [1.29, 1.82) is 0 Å². The maximum Gasteiger partial charge on any atom is 0.224 e. The first kappa shape index (κ1) is 12.1. The van der Waals surface area contributed by atoms with Gasteiger partial charge in [-0.2, -0.15) is 0 Å². The maximum absolute atomic E-state index is 11.6. The van der Waals surface area contributed by atoms with E-state index in [9.17, 15) is 4.79 Å². The Bertz CT molecular complexity index is 413. The Morgan fingerprint density at radius 1 is 1.41 bits per heavy atom. The first-order chi connectivity index (χ1) is 8.15. The molecule has 92 valence electrons. The van der Waals surface area contributed by atoms with Crippen molar-refractivity contribution < 1.29 is 9.90 Å². The maximum atomic E-state index is 11.6. The molecule has 2 rings (SSSR count). The monoisotopic (exact) mass is 233 g/mol. The summed E-state index contributed by atoms with van der Waals surface area (Å²) in [5.41, 5.74) is 3.89. The van der Waals surface area contributed by atoms with Crippen LogP contribution in [0.25, 0.3) is 0 Å². The molecule has 17 heavy (non-hydrogen) atoms. The SMILES string of the molecule is C[C@H](O)CNC(=O)Cc1ccc2c(c1)CCC2. The van der Waals surface area contributed by atoms with Gasteiger partial charge in [-0.05, 0) is 42.9 Å². The molecular weight excluding hydrogens is 214 g/mol. The van der Waals surface area contributed by atoms with Gasteiger partial charge in [-0.3, -0.25) is 4.79 Å². The van der Waals surface area contributed by atoms with Crippen LogP contribution in [-0.4, -0.2) is 23.7 Å². The minimum Gasteiger partial charge on any atom is -0.392 e. The second-order valence-electron chi connectivity index (χ2n) is 4.79. The van der Waals surface area contributed by atoms with E-state index in [0.717, 1.165) is 12.0 Å². The molecule has 1 atom stereocenters. The van der Waals surface area contributed by atoms with E-state index in [-0.39, 0.29) is 5.91 Å². The van der Waals surface area contributed by atoms with Crippen LogP contribution in [-0.2, 0) is 24.1 Å². The van der Waals surface area contributed by atoms with Gasteiger partial charge in [0.25, 0.3) is 0 Å². The molecule has 0 heterocycles. The molecule has 0 saturated heterocycles. The summed E-state index contributed by atoms with van der Waals surface area (Å²) in [7, 11) is 0. The van der Waals surface area contributed by atoms with Gasteiger partial charge in [-0.1, -0.05) is 18.2 Å². The summed E-state index contributed by atoms with van der Waals surface area (Å²) in [5.74, 6) is -0.0242. The lowest BCUT2D eigenvalue weighted by Gasteiger charge is -2.08. The molecule has 0 spiro atoms. The zero-order chi connectivity index (χ0) is 12.3. The van der Waals surface area contributed by atoms with Crippen LogP contribution in [0.3, 0.4) is 0 Å². The molecule has 0 bridgehead atoms. The largest absolute Gasteiger partial charge is 0.392 e. The van der Waals surface area contributed by atoms with Crippen LogP contribution in [0.2, 0.25) is 0 Å². The lowest BCUT2D eigenvalue weighted by atomic mass is 10.0. The number of aliphatic hydroxyl groups excluding tert-OH is 1. The van der Waals surface area contributed by atoms with Crippen LogP contribution >= 0.6 is 0 Å². The molecule has 0 aliphatic heterocycles. The van der Waals surface area contributed by atoms with E-state index in [2.05, 4.69) is 17.4 Å². The number of rotatable bonds is 4. The van der Waals surface area contributed by atoms with Gasteiger partial charge in [0.15, 0.2) is 0 Å². The van der Waals surface area contributed by atoms with Crippen LogP contribution < -0.4 is 5.32 Å². The molecule has 0 unspecified atom stereocenters. The second kappa shape index (κ2) is 5.32. The van der Waals surface area contributed by atoms with Crippen LogP contribution in [0, 0.1) is 0 Å². The highest BCUT2D eigenvalue weighted by molar-refractivity contribution is 5.78. The smallest absolute Gasteiger partial charge is 0.224 e. The van der Waals surface area contributed by atoms with Gasteiger partial charge in [0, 0.05) is 6.54 Å². The Hall–Kier alpha value is -1.35. The Morgan fingerprint density at radius 3 is 2.94 bits per heavy atom. The molecule has 3 heteroatoms. The average Bonchev–Trinajstić information content (AvgIpc) is 2.73. The summed E-state index contributed by atoms with van der Waals surface area (Å²) in [6.45, 7) is 1.99. The molecule has 1 aliphatic rings. The summed E-state index contributed by atoms with van der Waals surface area (Å²) in [6.07, 6.45) is 3.45. The molecule has 3 nitrogen and oxygen atoms in total. The summed E-state index contributed by atoms with van der Waals surface area (Å²) < 4.78 is 0. The van der Waals surface area contributed by atoms with Crippen molar-refractivity contribution in [3.8, 4) is 0 Å². The number of fused-ring (bicyclic) bond motifs is 1. The third kappa shape index (κ3) is 3.30. The van der Waals surface area contributed by atoms with Gasteiger partial charge in [-0.15, -0.1) is 0 Å². The highest BCUT2D eigenvalue weighted by Gasteiger charge is 2.12. The van der Waals surface area contributed by atoms with Crippen molar-refractivity contribution in [2.45, 2.75) is 38.7 Å². The third-order valence-corrected chi connectivity index (χ3v) is 3.12. The fourth-order valence-corrected chi connectivity index (χ4v) is 2.24. The predicted octanol–water partition coefficient (Wildman–Crippen LogP) is 1.21. The number of carbonyl (C=O) groups excluding carboxylic acids is 1. The Kier molecular flexibility index (Phi) is 3.79. The molecule has 1 amide bonds. The standard InChI is InChI=1S/C14H19NO2/c1-10(16)9-15-14(17)8-11-5-6-12-3-2-4-13(12)7-11/h5-7,10,16H,2-4,8-9H2,1H3,(H,15,17)/t10-/m0/s1. The predicted molar refractivity (Wildman–Crippen MR) is 66.9 cm³/mol. The second-order valence-corrected chi connectivity index (χ2v) is 4.79. The van der Waals surface area contributed by atoms with Crippen molar-refractivity contribution in [3.05, 3.63) is 34.9 Å². The summed E-state index contributed by atoms with van der Waals surface area (Å²) in [4.78, 5) is 11.6. The van der Waals surface area contributed by atoms with E-state index < -0.39 is 6.10 Å². The summed E-state index contributed by atoms with van der Waals surface area (Å²) in [6, 6.07) is 6.32. The van der Waals surface area contributed by atoms with E-state index in [0.29, 0.717) is 13.0 Å². The van der Waals surface area contributed by atoms with E-state index in [4.69, 9.17) is 5.11 Å². The fraction of sp³-hybridized carbons (Fsp3) is 0.500. The molecule has 0 saturated carbocycles. The highest BCUT2D eigenvalue weighted by Crippen LogP contribution is 2.22. The van der Waals surface area contributed by atoms with Crippen LogP contribution in [0.15, 0.2) is 18.2 Å². The number of aliphatic hydroxyl groups is 1. The number of carbonyl (C=O) groups is 1. The minimum absolute atomic E-state index is 0.0242. The number of nitrogens with one attached hydrogen (secondary N) is 1. The molecule has 0 radical (unpaired) electrons. The molecule has 1 aliphatic carbocycles. The molecule has 1 aromatic rings. The van der Waals surface area contributed by atoms with Gasteiger partial charge in [0.1, 0.15) is 0 Å². The summed E-state index contributed by atoms with van der Waals surface area (Å²) in [5, 5.41) is 11.8. The van der Waals surface area contributed by atoms with Gasteiger partial charge >= 0.3 is 0 Å². The van der Waals surface area contributed by atoms with Crippen molar-refractivity contribution in [1.82, 2.24) is 5.32 Å². The Labute approximate surface area is 102 Å². The number of aryl methyl sites for hydroxylation is 2.